The van der Waals surface area contributed by atoms with E-state index in [9.17, 15) is 38.4 Å². The second-order valence-corrected chi connectivity index (χ2v) is 22.2. The molecule has 87 heavy (non-hydrogen) atoms. The number of aliphatic carboxylic acids is 2. The van der Waals surface area contributed by atoms with Gasteiger partial charge in [-0.25, -0.2) is 24.4 Å². The van der Waals surface area contributed by atoms with Gasteiger partial charge in [0.15, 0.2) is 0 Å². The molecule has 2 aromatic heterocycles. The molecule has 0 spiro atoms. The van der Waals surface area contributed by atoms with Crippen LogP contribution in [0.2, 0.25) is 0 Å². The Bertz CT molecular complexity index is 3060. The number of rotatable bonds is 20. The van der Waals surface area contributed by atoms with E-state index >= 15 is 0 Å². The molecule has 2 saturated heterocycles. The number of alkyl carbamates (subject to hydrolysis) is 2. The topological polar surface area (TPSA) is 358 Å². The molecule has 24 nitrogen and oxygen atoms in total. The molecule has 0 bridgehead atoms. The van der Waals surface area contributed by atoms with Crippen LogP contribution in [-0.2, 0) is 42.9 Å². The molecular formula is C61H87ClN9NaO15. The third kappa shape index (κ3) is 22.4. The van der Waals surface area contributed by atoms with Crippen LogP contribution in [0.4, 0.5) is 14.4 Å². The van der Waals surface area contributed by atoms with Gasteiger partial charge in [0.1, 0.15) is 29.8 Å². The minimum absolute atomic E-state index is 0. The molecule has 5 aromatic rings. The Morgan fingerprint density at radius 2 is 1.10 bits per heavy atom. The van der Waals surface area contributed by atoms with Crippen LogP contribution >= 0.6 is 11.6 Å². The van der Waals surface area contributed by atoms with Gasteiger partial charge in [-0.15, -0.1) is 0 Å². The molecule has 4 heterocycles. The smallest absolute Gasteiger partial charge is 0.870 e. The predicted molar refractivity (Wildman–Crippen MR) is 324 cm³/mol. The number of carboxylic acid groups (broad SMARTS) is 2. The van der Waals surface area contributed by atoms with E-state index in [0.717, 1.165) is 81.5 Å². The monoisotopic (exact) mass is 1240 g/mol. The van der Waals surface area contributed by atoms with Gasteiger partial charge in [0.05, 0.1) is 73.8 Å². The maximum atomic E-state index is 13.7. The molecule has 2 aliphatic heterocycles. The van der Waals surface area contributed by atoms with Gasteiger partial charge in [-0.1, -0.05) is 85.7 Å². The molecule has 9 N–H and O–H groups in total. The van der Waals surface area contributed by atoms with Crippen molar-refractivity contribution in [3.63, 3.8) is 0 Å². The van der Waals surface area contributed by atoms with Gasteiger partial charge in [-0.3, -0.25) is 24.0 Å². The van der Waals surface area contributed by atoms with Crippen molar-refractivity contribution in [1.82, 2.24) is 40.4 Å². The zero-order chi connectivity index (χ0) is 63.2. The molecule has 0 unspecified atom stereocenters. The van der Waals surface area contributed by atoms with Crippen molar-refractivity contribution >= 4 is 80.7 Å². The SMILES string of the molecule is CC(C)[C@H](N)C(=O)O.CCOC(=O)C[C@H](C(=O)O)C(C)C.CCOC(=O)Cl.CCOC(=O)N[C@H](C(=O)N1CCC[C@H]1c1ncc(-c2ccc3cc(-c4ccc5nc([C@@H]6CCCN6C(=O)[C@@H](NC(=O)OCC)C(C)C)[nH]c5c4)ccc3c2)[nH]1)C(C)C.[Na+].[OH-]. The standard InChI is InChI=1S/C44H54N8O6.C9H16O4.C5H11NO2.C3H5ClO2.Na.H2O/c1-7-57-43(55)49-37(25(3)4)41(53)51-19-9-11-35(51)39-45-24-34(48-39)31-16-15-27-21-28(13-14-29(27)22-31)30-17-18-32-33(23-30)47-40(46-32)36-12-10-20-52(36)42(54)38(26(5)6)50-44(56)58-8-2;1-4-13-8(10)5-7(6(2)3)9(11)12;1-3(2)4(6)5(7)8;1-2-6-3(4)5;;/h13-18,21-26,35-38H,7-12,19-20H2,1-6H3,(H,45,48)(H,46,47)(H,49,55)(H,50,56);6-7H,4-5H2,1-3H3,(H,11,12);3-4H,6H2,1-2H3,(H,7,8);2H2,1H3;;1H2/q;;;;+1;/p-1/t35-,36-,37-,38-;7-;4-;;;/m000.../s1. The van der Waals surface area contributed by atoms with Gasteiger partial charge < -0.3 is 70.8 Å². The zero-order valence-corrected chi connectivity index (χ0v) is 55.1. The number of nitrogens with two attached hydrogens (primary N) is 1. The number of nitrogens with zero attached hydrogens (tertiary/aromatic N) is 4. The van der Waals surface area contributed by atoms with E-state index in [1.165, 1.54) is 0 Å². The van der Waals surface area contributed by atoms with Gasteiger partial charge in [0.25, 0.3) is 0 Å². The Morgan fingerprint density at radius 3 is 1.53 bits per heavy atom. The van der Waals surface area contributed by atoms with Crippen molar-refractivity contribution in [3.8, 4) is 22.4 Å². The number of imidazole rings is 2. The number of H-pyrrole nitrogens is 2. The Morgan fingerprint density at radius 1 is 0.632 bits per heavy atom. The number of likely N-dealkylation sites (tertiary alicyclic amines) is 2. The Kier molecular flexibility index (Phi) is 32.5. The van der Waals surface area contributed by atoms with Crippen LogP contribution in [0, 0.1) is 29.6 Å². The summed E-state index contributed by atoms with van der Waals surface area (Å²) in [6, 6.07) is 16.4. The second kappa shape index (κ2) is 37.1. The van der Waals surface area contributed by atoms with Crippen molar-refractivity contribution in [2.24, 2.45) is 35.3 Å². The van der Waals surface area contributed by atoms with Crippen LogP contribution in [-0.4, -0.2) is 150 Å². The van der Waals surface area contributed by atoms with Gasteiger partial charge in [-0.2, -0.15) is 0 Å². The number of esters is 1. The summed E-state index contributed by atoms with van der Waals surface area (Å²) in [6.07, 6.45) is 3.86. The van der Waals surface area contributed by atoms with Crippen molar-refractivity contribution in [3.05, 3.63) is 72.4 Å². The maximum absolute atomic E-state index is 13.7. The summed E-state index contributed by atoms with van der Waals surface area (Å²) < 4.78 is 19.0. The summed E-state index contributed by atoms with van der Waals surface area (Å²) >= 11 is 4.72. The number of ether oxygens (including phenoxy) is 4. The molecule has 26 heteroatoms. The fraction of sp³-hybridized carbons (Fsp3) is 0.541. The summed E-state index contributed by atoms with van der Waals surface area (Å²) in [7, 11) is 0. The molecule has 0 aliphatic carbocycles. The van der Waals surface area contributed by atoms with Crippen molar-refractivity contribution < 1.29 is 103 Å². The third-order valence-electron chi connectivity index (χ3n) is 14.3. The van der Waals surface area contributed by atoms with Crippen molar-refractivity contribution in [1.29, 1.82) is 0 Å². The summed E-state index contributed by atoms with van der Waals surface area (Å²) in [5, 5.41) is 24.7. The number of aromatic amines is 2. The molecule has 474 valence electrons. The second-order valence-electron chi connectivity index (χ2n) is 21.8. The van der Waals surface area contributed by atoms with Crippen LogP contribution in [0.15, 0.2) is 60.8 Å². The number of amides is 4. The van der Waals surface area contributed by atoms with Crippen molar-refractivity contribution in [2.45, 2.75) is 145 Å². The first-order chi connectivity index (χ1) is 40.3. The van der Waals surface area contributed by atoms with E-state index in [-0.39, 0.29) is 102 Å². The Balaban J connectivity index is 0.000000739. The number of hydrogen-bond donors (Lipinski definition) is 7. The molecule has 0 radical (unpaired) electrons. The fourth-order valence-corrected chi connectivity index (χ4v) is 9.74. The average molecular weight is 1240 g/mol. The number of carbonyl (C=O) groups is 8. The van der Waals surface area contributed by atoms with E-state index in [0.29, 0.717) is 26.3 Å². The number of aromatic nitrogens is 4. The minimum Gasteiger partial charge on any atom is -0.870 e. The molecule has 4 amide bonds. The third-order valence-corrected chi connectivity index (χ3v) is 14.4. The average Bonchev–Trinajstić information content (AvgIpc) is 2.53. The first kappa shape index (κ1) is 76.3. The summed E-state index contributed by atoms with van der Waals surface area (Å²) in [6.45, 7) is 23.9. The largest absolute Gasteiger partial charge is 1.00 e. The van der Waals surface area contributed by atoms with Crippen LogP contribution in [0.5, 0.6) is 0 Å². The normalized spacial score (nSPS) is 15.7. The van der Waals surface area contributed by atoms with E-state index in [1.807, 2.05) is 49.8 Å². The van der Waals surface area contributed by atoms with Crippen LogP contribution < -0.4 is 45.9 Å². The number of halogens is 1. The van der Waals surface area contributed by atoms with Gasteiger partial charge in [0.2, 0.25) is 11.8 Å². The molecular weight excluding hydrogens is 1160 g/mol. The first-order valence-corrected chi connectivity index (χ1v) is 29.4. The number of nitrogens with one attached hydrogen (secondary N) is 4. The number of carboxylic acids is 2. The molecule has 3 aromatic carbocycles. The van der Waals surface area contributed by atoms with E-state index in [1.54, 1.807) is 55.4 Å². The summed E-state index contributed by atoms with van der Waals surface area (Å²) in [5.41, 5.74) is 10.1. The number of fused-ring (bicyclic) bond motifs is 2. The van der Waals surface area contributed by atoms with E-state index in [2.05, 4.69) is 78.6 Å². The van der Waals surface area contributed by atoms with Crippen LogP contribution in [0.3, 0.4) is 0 Å². The molecule has 0 saturated carbocycles. The number of benzene rings is 3. The van der Waals surface area contributed by atoms with Gasteiger partial charge >= 0.3 is 65.1 Å². The number of carbonyl (C=O) groups excluding carboxylic acids is 6. The summed E-state index contributed by atoms with van der Waals surface area (Å²) in [5.74, 6) is -2.00. The van der Waals surface area contributed by atoms with Gasteiger partial charge in [-0.05, 0) is 123 Å². The van der Waals surface area contributed by atoms with Gasteiger partial charge in [0, 0.05) is 30.3 Å². The summed E-state index contributed by atoms with van der Waals surface area (Å²) in [4.78, 5) is 113. The number of hydrogen-bond acceptors (Lipinski definition) is 16. The molecule has 2 fully saturated rings. The molecule has 7 rings (SSSR count). The predicted octanol–water partition coefficient (Wildman–Crippen LogP) is 7.20. The van der Waals surface area contributed by atoms with Crippen molar-refractivity contribution in [2.75, 3.05) is 39.5 Å². The first-order valence-electron chi connectivity index (χ1n) is 29.0. The molecule has 6 atom stereocenters. The maximum Gasteiger partial charge on any atom is 1.00 e. The van der Waals surface area contributed by atoms with Crippen LogP contribution in [0.25, 0.3) is 44.2 Å². The minimum atomic E-state index is -0.942. The van der Waals surface area contributed by atoms with E-state index < -0.39 is 59.6 Å². The molecule has 2 aliphatic rings. The quantitative estimate of drug-likeness (QED) is 0.0175. The van der Waals surface area contributed by atoms with E-state index in [4.69, 9.17) is 47.0 Å². The Hall–Kier alpha value is -6.83. The fourth-order valence-electron chi connectivity index (χ4n) is 9.63. The van der Waals surface area contributed by atoms with Crippen LogP contribution in [0.1, 0.15) is 139 Å². The zero-order valence-electron chi connectivity index (χ0n) is 52.3. The Labute approximate surface area is 535 Å².